The second-order valence-corrected chi connectivity index (χ2v) is 4.62. The first-order chi connectivity index (χ1) is 11.3. The van der Waals surface area contributed by atoms with Gasteiger partial charge in [-0.15, -0.1) is 0 Å². The number of hydrogen-bond acceptors (Lipinski definition) is 3. The van der Waals surface area contributed by atoms with E-state index in [1.54, 1.807) is 0 Å². The molecule has 2 radical (unpaired) electrons. The molecule has 0 aliphatic rings. The zero-order valence-corrected chi connectivity index (χ0v) is 25.6. The average molecular weight is 683 g/mol. The molecule has 1 aromatic carbocycles. The number of rotatable bonds is 9. The predicted molar refractivity (Wildman–Crippen MR) is 96.3 cm³/mol. The van der Waals surface area contributed by atoms with Gasteiger partial charge in [0, 0.05) is 86.5 Å². The second kappa shape index (κ2) is 34.0. The Labute approximate surface area is 226 Å². The van der Waals surface area contributed by atoms with Crippen LogP contribution in [0.5, 0.6) is 0 Å². The minimum atomic E-state index is -0.306. The molecule has 0 spiro atoms. The van der Waals surface area contributed by atoms with Crippen LogP contribution in [0.15, 0.2) is 30.3 Å². The van der Waals surface area contributed by atoms with Gasteiger partial charge in [0.1, 0.15) is 0 Å². The van der Waals surface area contributed by atoms with Gasteiger partial charge < -0.3 is 11.3 Å². The largest absolute Gasteiger partial charge is 0.332 e. The molecule has 0 saturated heterocycles. The van der Waals surface area contributed by atoms with Crippen LogP contribution in [0, 0.1) is 18.4 Å². The van der Waals surface area contributed by atoms with Gasteiger partial charge in [-0.3, -0.25) is 10.7 Å². The van der Waals surface area contributed by atoms with E-state index >= 15 is 0 Å². The van der Waals surface area contributed by atoms with Gasteiger partial charge in [-0.25, -0.2) is 0 Å². The van der Waals surface area contributed by atoms with Crippen molar-refractivity contribution in [3.05, 3.63) is 48.7 Å². The van der Waals surface area contributed by atoms with Crippen LogP contribution in [0.25, 0.3) is 0 Å². The summed E-state index contributed by atoms with van der Waals surface area (Å²) in [5.74, 6) is 0.537. The molecule has 0 aliphatic heterocycles. The van der Waals surface area contributed by atoms with Crippen LogP contribution in [0.3, 0.4) is 0 Å². The van der Waals surface area contributed by atoms with Gasteiger partial charge in [0.05, 0.1) is 7.11 Å². The number of benzene rings is 1. The molecule has 0 bridgehead atoms. The van der Waals surface area contributed by atoms with Gasteiger partial charge in [0.2, 0.25) is 5.97 Å². The summed E-state index contributed by atoms with van der Waals surface area (Å²) in [6.07, 6.45) is 8.02. The van der Waals surface area contributed by atoms with Crippen molar-refractivity contribution in [3.63, 3.8) is 0 Å². The van der Waals surface area contributed by atoms with Gasteiger partial charge in [-0.05, 0) is 0 Å². The quantitative estimate of drug-likeness (QED) is 0.144. The first-order valence-electron chi connectivity index (χ1n) is 8.54. The molecule has 1 aromatic rings. The summed E-state index contributed by atoms with van der Waals surface area (Å²) in [4.78, 5) is 20.3. The third-order valence-electron chi connectivity index (χ3n) is 2.83. The van der Waals surface area contributed by atoms with Crippen LogP contribution >= 0.6 is 0 Å². The zero-order chi connectivity index (χ0) is 17.8. The van der Waals surface area contributed by atoms with Crippen LogP contribution in [0.2, 0.25) is 0 Å². The molecule has 3 nitrogen and oxygen atoms in total. The summed E-state index contributed by atoms with van der Waals surface area (Å²) in [6.45, 7) is 8.11. The van der Waals surface area contributed by atoms with Crippen molar-refractivity contribution in [2.45, 2.75) is 66.2 Å². The van der Waals surface area contributed by atoms with E-state index in [9.17, 15) is 4.79 Å². The molecule has 1 rings (SSSR count). The molecule has 0 heterocycles. The van der Waals surface area contributed by atoms with Crippen molar-refractivity contribution in [3.8, 4) is 0 Å². The van der Waals surface area contributed by atoms with E-state index in [-0.39, 0.29) is 92.5 Å². The molecule has 0 aromatic heterocycles. The van der Waals surface area contributed by atoms with Crippen molar-refractivity contribution >= 4 is 5.97 Å². The molecule has 0 N–H and O–H groups in total. The van der Waals surface area contributed by atoms with Crippen LogP contribution in [0.1, 0.15) is 66.2 Å². The SMILES string of the molecule is CC.C[CH-]CCCC[C-](CCC)C(=O)OOC.[W].[Y].[Y].[c-]1ccccc1. The van der Waals surface area contributed by atoms with E-state index in [1.807, 2.05) is 44.2 Å². The van der Waals surface area contributed by atoms with Crippen molar-refractivity contribution in [1.29, 1.82) is 0 Å². The molecule has 0 aliphatic carbocycles. The van der Waals surface area contributed by atoms with Crippen LogP contribution in [0.4, 0.5) is 0 Å². The number of unbranched alkanes of at least 4 members (excludes halogenated alkanes) is 3. The van der Waals surface area contributed by atoms with Crippen molar-refractivity contribution in [1.82, 2.24) is 0 Å². The third-order valence-corrected chi connectivity index (χ3v) is 2.83. The number of carbonyl (C=O) groups excluding carboxylic acids is 1. The monoisotopic (exact) mass is 683 g/mol. The van der Waals surface area contributed by atoms with Crippen molar-refractivity contribution < 1.29 is 101 Å². The Hall–Kier alpha value is 1.42. The fourth-order valence-corrected chi connectivity index (χ4v) is 1.79. The van der Waals surface area contributed by atoms with Gasteiger partial charge in [0.25, 0.3) is 0 Å². The van der Waals surface area contributed by atoms with E-state index in [0.29, 0.717) is 0 Å². The molecule has 0 saturated carbocycles. The molecular formula is C20H33O3WY2-3. The standard InChI is InChI=1S/C12H22O3.C6H5.C2H6.W.2Y/c1-4-6-7-8-10-11(9-5-2)12(13)15-14-3;1-2-4-6-5-3-1;1-2;;;/h4H,5-10H2,1-3H3;1-5H;1-2H3;;;/q-2;-1;;;;. The Balaban J connectivity index is -0.000000113. The van der Waals surface area contributed by atoms with Gasteiger partial charge in [-0.1, -0.05) is 40.0 Å². The van der Waals surface area contributed by atoms with Crippen molar-refractivity contribution in [2.24, 2.45) is 0 Å². The van der Waals surface area contributed by atoms with Gasteiger partial charge in [0.15, 0.2) is 0 Å². The first kappa shape index (κ1) is 38.1. The van der Waals surface area contributed by atoms with Crippen LogP contribution in [-0.2, 0) is 101 Å². The molecule has 146 valence electrons. The summed E-state index contributed by atoms with van der Waals surface area (Å²) in [5.41, 5.74) is 0. The summed E-state index contributed by atoms with van der Waals surface area (Å²) in [6, 6.07) is 12.5. The summed E-state index contributed by atoms with van der Waals surface area (Å²) in [7, 11) is 1.35. The molecule has 0 fully saturated rings. The van der Waals surface area contributed by atoms with Crippen molar-refractivity contribution in [2.75, 3.05) is 7.11 Å². The molecule has 0 atom stereocenters. The molecular weight excluding hydrogens is 650 g/mol. The van der Waals surface area contributed by atoms with Crippen LogP contribution < -0.4 is 0 Å². The maximum Gasteiger partial charge on any atom is 0.215 e. The fraction of sp³-hybridized carbons (Fsp3) is 0.550. The van der Waals surface area contributed by atoms with Gasteiger partial charge in [-0.2, -0.15) is 67.5 Å². The van der Waals surface area contributed by atoms with E-state index in [1.165, 1.54) is 7.11 Å². The minimum absolute atomic E-state index is 0. The second-order valence-electron chi connectivity index (χ2n) is 4.62. The maximum atomic E-state index is 11.4. The Morgan fingerprint density at radius 2 is 1.65 bits per heavy atom. The smallest absolute Gasteiger partial charge is 0.215 e. The maximum absolute atomic E-state index is 11.4. The predicted octanol–water partition coefficient (Wildman–Crippen LogP) is 5.76. The Kier molecular flexibility index (Phi) is 49.7. The summed E-state index contributed by atoms with van der Waals surface area (Å²) < 4.78 is 0. The Morgan fingerprint density at radius 3 is 2.00 bits per heavy atom. The summed E-state index contributed by atoms with van der Waals surface area (Å²) >= 11 is 0. The summed E-state index contributed by atoms with van der Waals surface area (Å²) in [5, 5.41) is 0. The number of carbonyl (C=O) groups is 1. The van der Waals surface area contributed by atoms with Gasteiger partial charge >= 0.3 is 0 Å². The van der Waals surface area contributed by atoms with E-state index in [0.717, 1.165) is 44.4 Å². The molecule has 26 heavy (non-hydrogen) atoms. The molecule has 0 amide bonds. The first-order valence-corrected chi connectivity index (χ1v) is 8.54. The Morgan fingerprint density at radius 1 is 1.08 bits per heavy atom. The van der Waals surface area contributed by atoms with Crippen LogP contribution in [-0.4, -0.2) is 13.1 Å². The van der Waals surface area contributed by atoms with E-state index in [2.05, 4.69) is 36.1 Å². The van der Waals surface area contributed by atoms with E-state index < -0.39 is 0 Å². The number of hydrogen-bond donors (Lipinski definition) is 0. The average Bonchev–Trinajstić information content (AvgIpc) is 2.61. The minimum Gasteiger partial charge on any atom is -0.332 e. The molecule has 6 heteroatoms. The zero-order valence-electron chi connectivity index (χ0n) is 17.0. The molecule has 0 unspecified atom stereocenters. The third kappa shape index (κ3) is 27.6. The Bertz CT molecular complexity index is 314. The normalized spacial score (nSPS) is 7.88. The topological polar surface area (TPSA) is 35.5 Å². The fourth-order valence-electron chi connectivity index (χ4n) is 1.79. The van der Waals surface area contributed by atoms with E-state index in [4.69, 9.17) is 0 Å².